The molecule has 2 heterocycles. The fraction of sp³-hybridized carbons (Fsp3) is 0.231. The predicted octanol–water partition coefficient (Wildman–Crippen LogP) is 2.64. The minimum atomic E-state index is -0.338. The summed E-state index contributed by atoms with van der Waals surface area (Å²) < 4.78 is 32.1. The number of carbonyl (C=O) groups excluding carboxylic acids is 1. The highest BCUT2D eigenvalue weighted by Crippen LogP contribution is 2.38. The Balaban J connectivity index is 1.38. The van der Waals surface area contributed by atoms with E-state index in [-0.39, 0.29) is 30.4 Å². The van der Waals surface area contributed by atoms with Crippen molar-refractivity contribution < 1.29 is 23.4 Å². The number of carbonyl (C=O) groups is 1. The third-order valence-electron chi connectivity index (χ3n) is 5.63. The van der Waals surface area contributed by atoms with Gasteiger partial charge in [0.25, 0.3) is 5.56 Å². The van der Waals surface area contributed by atoms with Crippen molar-refractivity contribution in [1.29, 1.82) is 0 Å². The number of amides is 1. The quantitative estimate of drug-likeness (QED) is 0.329. The van der Waals surface area contributed by atoms with Gasteiger partial charge in [0, 0.05) is 12.6 Å². The maximum absolute atomic E-state index is 13.1. The van der Waals surface area contributed by atoms with Crippen LogP contribution in [0.2, 0.25) is 0 Å². The molecule has 0 aliphatic heterocycles. The van der Waals surface area contributed by atoms with Crippen LogP contribution in [0.5, 0.6) is 17.2 Å². The first-order valence-corrected chi connectivity index (χ1v) is 11.3. The number of methoxy groups -OCH3 is 3. The van der Waals surface area contributed by atoms with Crippen LogP contribution in [0.25, 0.3) is 17.1 Å². The van der Waals surface area contributed by atoms with Crippen LogP contribution >= 0.6 is 0 Å². The maximum atomic E-state index is 13.1. The van der Waals surface area contributed by atoms with Gasteiger partial charge < -0.3 is 19.5 Å². The summed E-state index contributed by atoms with van der Waals surface area (Å²) in [5.74, 6) is 0.789. The van der Waals surface area contributed by atoms with Crippen molar-refractivity contribution in [2.24, 2.45) is 0 Å². The Labute approximate surface area is 211 Å². The number of nitrogens with zero attached hydrogens (tertiary/aromatic N) is 4. The molecule has 4 rings (SSSR count). The third kappa shape index (κ3) is 5.77. The van der Waals surface area contributed by atoms with Crippen molar-refractivity contribution in [2.45, 2.75) is 13.1 Å². The van der Waals surface area contributed by atoms with E-state index in [1.54, 1.807) is 35.0 Å². The highest BCUT2D eigenvalue weighted by atomic mass is 19.1. The lowest BCUT2D eigenvalue weighted by atomic mass is 10.1. The highest BCUT2D eigenvalue weighted by molar-refractivity contribution is 5.91. The zero-order valence-corrected chi connectivity index (χ0v) is 20.6. The van der Waals surface area contributed by atoms with Crippen LogP contribution in [0, 0.1) is 5.82 Å². The van der Waals surface area contributed by atoms with E-state index in [1.165, 1.54) is 56.6 Å². The Morgan fingerprint density at radius 3 is 2.43 bits per heavy atom. The fourth-order valence-corrected chi connectivity index (χ4v) is 3.77. The molecule has 192 valence electrons. The maximum Gasteiger partial charge on any atom is 0.264 e. The predicted molar refractivity (Wildman–Crippen MR) is 135 cm³/mol. The Hall–Kier alpha value is -4.67. The van der Waals surface area contributed by atoms with E-state index in [0.717, 1.165) is 5.56 Å². The summed E-state index contributed by atoms with van der Waals surface area (Å²) in [7, 11) is 4.56. The average molecular weight is 508 g/mol. The van der Waals surface area contributed by atoms with Crippen LogP contribution in [-0.2, 0) is 17.9 Å². The molecular weight excluding hydrogens is 481 g/mol. The second kappa shape index (κ2) is 11.4. The van der Waals surface area contributed by atoms with Crippen molar-refractivity contribution in [3.63, 3.8) is 0 Å². The molecule has 0 spiro atoms. The molecule has 4 aromatic rings. The molecule has 0 saturated heterocycles. The standard InChI is InChI=1S/C26H26FN5O5/c1-35-21-12-18(13-22(36-2)24(21)37-3)6-9-23(33)28-10-11-32-25-20(14-30-32)26(34)31(16-29-25)15-17-4-7-19(27)8-5-17/h4-9,12-14,16H,10-11,15H2,1-3H3,(H,28,33)/b9-6-. The number of hydrogen-bond donors (Lipinski definition) is 1. The van der Waals surface area contributed by atoms with Gasteiger partial charge in [-0.1, -0.05) is 12.1 Å². The van der Waals surface area contributed by atoms with Gasteiger partial charge in [-0.25, -0.2) is 14.1 Å². The topological polar surface area (TPSA) is 110 Å². The van der Waals surface area contributed by atoms with Gasteiger partial charge in [-0.2, -0.15) is 5.10 Å². The van der Waals surface area contributed by atoms with Crippen LogP contribution in [0.1, 0.15) is 11.1 Å². The van der Waals surface area contributed by atoms with E-state index in [4.69, 9.17) is 14.2 Å². The molecule has 0 radical (unpaired) electrons. The van der Waals surface area contributed by atoms with Crippen LogP contribution in [0.3, 0.4) is 0 Å². The summed E-state index contributed by atoms with van der Waals surface area (Å²) in [5.41, 5.74) is 1.64. The molecule has 2 aromatic heterocycles. The van der Waals surface area contributed by atoms with Crippen LogP contribution in [0.15, 0.2) is 59.8 Å². The Morgan fingerprint density at radius 1 is 1.08 bits per heavy atom. The van der Waals surface area contributed by atoms with Gasteiger partial charge in [0.15, 0.2) is 17.1 Å². The number of fused-ring (bicyclic) bond motifs is 1. The van der Waals surface area contributed by atoms with Gasteiger partial charge in [0.2, 0.25) is 11.7 Å². The van der Waals surface area contributed by atoms with Crippen molar-refractivity contribution >= 4 is 23.0 Å². The first-order valence-electron chi connectivity index (χ1n) is 11.3. The van der Waals surface area contributed by atoms with E-state index < -0.39 is 0 Å². The molecule has 1 amide bonds. The summed E-state index contributed by atoms with van der Waals surface area (Å²) in [6.45, 7) is 0.860. The number of benzene rings is 2. The second-order valence-corrected chi connectivity index (χ2v) is 7.99. The van der Waals surface area contributed by atoms with Crippen LogP contribution < -0.4 is 25.1 Å². The fourth-order valence-electron chi connectivity index (χ4n) is 3.77. The number of ether oxygens (including phenoxy) is 3. The molecule has 11 heteroatoms. The van der Waals surface area contributed by atoms with Gasteiger partial charge in [-0.05, 0) is 41.5 Å². The monoisotopic (exact) mass is 507 g/mol. The molecule has 2 aromatic carbocycles. The van der Waals surface area contributed by atoms with Crippen molar-refractivity contribution in [2.75, 3.05) is 27.9 Å². The zero-order valence-electron chi connectivity index (χ0n) is 20.6. The Bertz CT molecular complexity index is 1470. The number of aromatic nitrogens is 4. The molecule has 37 heavy (non-hydrogen) atoms. The van der Waals surface area contributed by atoms with Crippen molar-refractivity contribution in [1.82, 2.24) is 24.6 Å². The number of rotatable bonds is 10. The van der Waals surface area contributed by atoms with Gasteiger partial charge in [0.1, 0.15) is 17.5 Å². The van der Waals surface area contributed by atoms with E-state index in [0.29, 0.717) is 40.4 Å². The average Bonchev–Trinajstić information content (AvgIpc) is 3.33. The van der Waals surface area contributed by atoms with E-state index in [2.05, 4.69) is 15.4 Å². The SMILES string of the molecule is COc1cc(/C=C\C(=O)NCCn2ncc3c(=O)n(Cc4ccc(F)cc4)cnc32)cc(OC)c1OC. The minimum Gasteiger partial charge on any atom is -0.493 e. The number of halogens is 1. The summed E-state index contributed by atoms with van der Waals surface area (Å²) in [5, 5.41) is 7.39. The largest absolute Gasteiger partial charge is 0.493 e. The zero-order chi connectivity index (χ0) is 26.4. The van der Waals surface area contributed by atoms with Gasteiger partial charge >= 0.3 is 0 Å². The molecule has 10 nitrogen and oxygen atoms in total. The first kappa shape index (κ1) is 25.4. The summed E-state index contributed by atoms with van der Waals surface area (Å²) in [6, 6.07) is 9.39. The lowest BCUT2D eigenvalue weighted by Crippen LogP contribution is -2.26. The minimum absolute atomic E-state index is 0.252. The van der Waals surface area contributed by atoms with Gasteiger partial charge in [-0.15, -0.1) is 0 Å². The summed E-state index contributed by atoms with van der Waals surface area (Å²) in [6.07, 6.45) is 5.92. The summed E-state index contributed by atoms with van der Waals surface area (Å²) in [4.78, 5) is 29.5. The molecule has 0 aliphatic rings. The van der Waals surface area contributed by atoms with Crippen molar-refractivity contribution in [3.8, 4) is 17.2 Å². The van der Waals surface area contributed by atoms with Gasteiger partial charge in [-0.3, -0.25) is 14.2 Å². The van der Waals surface area contributed by atoms with E-state index >= 15 is 0 Å². The lowest BCUT2D eigenvalue weighted by molar-refractivity contribution is -0.116. The molecular formula is C26H26FN5O5. The molecule has 0 unspecified atom stereocenters. The van der Waals surface area contributed by atoms with Crippen LogP contribution in [0.4, 0.5) is 4.39 Å². The normalized spacial score (nSPS) is 11.1. The Morgan fingerprint density at radius 2 is 1.78 bits per heavy atom. The third-order valence-corrected chi connectivity index (χ3v) is 5.63. The molecule has 0 atom stereocenters. The molecule has 1 N–H and O–H groups in total. The molecule has 0 aliphatic carbocycles. The highest BCUT2D eigenvalue weighted by Gasteiger charge is 2.13. The van der Waals surface area contributed by atoms with Crippen molar-refractivity contribution in [3.05, 3.63) is 82.3 Å². The van der Waals surface area contributed by atoms with Gasteiger partial charge in [0.05, 0.1) is 40.6 Å². The smallest absolute Gasteiger partial charge is 0.264 e. The van der Waals surface area contributed by atoms with E-state index in [9.17, 15) is 14.0 Å². The first-order chi connectivity index (χ1) is 17.9. The molecule has 0 saturated carbocycles. The molecule has 0 bridgehead atoms. The number of hydrogen-bond acceptors (Lipinski definition) is 7. The van der Waals surface area contributed by atoms with Crippen LogP contribution in [-0.4, -0.2) is 53.1 Å². The Kier molecular flexibility index (Phi) is 7.82. The lowest BCUT2D eigenvalue weighted by Gasteiger charge is -2.12. The summed E-state index contributed by atoms with van der Waals surface area (Å²) >= 11 is 0. The van der Waals surface area contributed by atoms with E-state index in [1.807, 2.05) is 0 Å². The molecule has 0 fully saturated rings. The second-order valence-electron chi connectivity index (χ2n) is 7.99. The number of nitrogens with one attached hydrogen (secondary N) is 1.